The predicted molar refractivity (Wildman–Crippen MR) is 69.0 cm³/mol. The molecule has 1 aromatic carbocycles. The Hall–Kier alpha value is -1.07. The first-order chi connectivity index (χ1) is 7.80. The third kappa shape index (κ3) is 2.79. The summed E-state index contributed by atoms with van der Waals surface area (Å²) >= 11 is 3.34. The van der Waals surface area contributed by atoms with E-state index in [-0.39, 0.29) is 0 Å². The number of benzene rings is 1. The summed E-state index contributed by atoms with van der Waals surface area (Å²) < 4.78 is 6.04. The first-order valence-corrected chi connectivity index (χ1v) is 5.92. The monoisotopic (exact) mass is 301 g/mol. The summed E-state index contributed by atoms with van der Waals surface area (Å²) in [6.07, 6.45) is 0. The Bertz CT molecular complexity index is 432. The number of ether oxygens (including phenoxy) is 1. The van der Waals surface area contributed by atoms with Crippen molar-refractivity contribution in [1.82, 2.24) is 0 Å². The van der Waals surface area contributed by atoms with Crippen LogP contribution in [0.15, 0.2) is 22.7 Å². The Morgan fingerprint density at radius 2 is 2.12 bits per heavy atom. The lowest BCUT2D eigenvalue weighted by Crippen LogP contribution is -2.36. The highest BCUT2D eigenvalue weighted by molar-refractivity contribution is 9.10. The molecule has 0 amide bonds. The predicted octanol–water partition coefficient (Wildman–Crippen LogP) is 2.57. The SMILES string of the molecule is COc1ccc(Br)cc1C(N)C(C)(C)C(=O)O. The van der Waals surface area contributed by atoms with Gasteiger partial charge in [-0.1, -0.05) is 15.9 Å². The van der Waals surface area contributed by atoms with E-state index in [1.54, 1.807) is 26.0 Å². The van der Waals surface area contributed by atoms with Gasteiger partial charge in [0.25, 0.3) is 0 Å². The molecule has 1 rings (SSSR count). The van der Waals surface area contributed by atoms with Crippen LogP contribution in [0.5, 0.6) is 5.75 Å². The van der Waals surface area contributed by atoms with Crippen molar-refractivity contribution < 1.29 is 14.6 Å². The van der Waals surface area contributed by atoms with E-state index in [4.69, 9.17) is 10.5 Å². The van der Waals surface area contributed by atoms with E-state index in [1.807, 2.05) is 6.07 Å². The molecule has 0 aromatic heterocycles. The topological polar surface area (TPSA) is 72.5 Å². The lowest BCUT2D eigenvalue weighted by Gasteiger charge is -2.28. The molecule has 94 valence electrons. The molecule has 0 saturated heterocycles. The average molecular weight is 302 g/mol. The van der Waals surface area contributed by atoms with Crippen LogP contribution in [0.1, 0.15) is 25.5 Å². The van der Waals surface area contributed by atoms with Gasteiger partial charge in [0.15, 0.2) is 0 Å². The van der Waals surface area contributed by atoms with Gasteiger partial charge in [0.2, 0.25) is 0 Å². The van der Waals surface area contributed by atoms with Gasteiger partial charge >= 0.3 is 5.97 Å². The molecular weight excluding hydrogens is 286 g/mol. The Labute approximate surface area is 109 Å². The molecule has 0 saturated carbocycles. The molecule has 1 atom stereocenters. The van der Waals surface area contributed by atoms with Crippen LogP contribution in [-0.4, -0.2) is 18.2 Å². The molecule has 0 radical (unpaired) electrons. The van der Waals surface area contributed by atoms with Crippen LogP contribution in [0, 0.1) is 5.41 Å². The number of aliphatic carboxylic acids is 1. The van der Waals surface area contributed by atoms with Gasteiger partial charge in [-0.05, 0) is 32.0 Å². The van der Waals surface area contributed by atoms with Crippen LogP contribution in [0.3, 0.4) is 0 Å². The van der Waals surface area contributed by atoms with Crippen LogP contribution in [-0.2, 0) is 4.79 Å². The summed E-state index contributed by atoms with van der Waals surface area (Å²) in [5.41, 5.74) is 5.65. The number of hydrogen-bond donors (Lipinski definition) is 2. The van der Waals surface area contributed by atoms with E-state index in [9.17, 15) is 9.90 Å². The van der Waals surface area contributed by atoms with Gasteiger partial charge in [0.05, 0.1) is 12.5 Å². The highest BCUT2D eigenvalue weighted by Gasteiger charge is 2.36. The minimum absolute atomic E-state index is 0.593. The van der Waals surface area contributed by atoms with Gasteiger partial charge in [-0.25, -0.2) is 0 Å². The van der Waals surface area contributed by atoms with E-state index in [2.05, 4.69) is 15.9 Å². The lowest BCUT2D eigenvalue weighted by molar-refractivity contribution is -0.148. The molecule has 0 aliphatic heterocycles. The zero-order valence-corrected chi connectivity index (χ0v) is 11.6. The molecule has 4 nitrogen and oxygen atoms in total. The van der Waals surface area contributed by atoms with Gasteiger partial charge in [0, 0.05) is 16.1 Å². The van der Waals surface area contributed by atoms with Crippen LogP contribution in [0.2, 0.25) is 0 Å². The molecule has 0 bridgehead atoms. The molecule has 0 fully saturated rings. The zero-order chi connectivity index (χ0) is 13.2. The van der Waals surface area contributed by atoms with Gasteiger partial charge in [-0.2, -0.15) is 0 Å². The molecule has 0 aliphatic rings. The quantitative estimate of drug-likeness (QED) is 0.896. The molecule has 3 N–H and O–H groups in total. The number of carboxylic acids is 1. The molecule has 1 unspecified atom stereocenters. The van der Waals surface area contributed by atoms with Crippen molar-refractivity contribution in [1.29, 1.82) is 0 Å². The maximum absolute atomic E-state index is 11.2. The summed E-state index contributed by atoms with van der Waals surface area (Å²) in [5.74, 6) is -0.345. The second-order valence-corrected chi connectivity index (χ2v) is 5.31. The summed E-state index contributed by atoms with van der Waals surface area (Å²) in [6, 6.07) is 4.72. The summed E-state index contributed by atoms with van der Waals surface area (Å²) in [6.45, 7) is 3.20. The van der Waals surface area contributed by atoms with Crippen LogP contribution in [0.25, 0.3) is 0 Å². The Morgan fingerprint density at radius 3 is 2.59 bits per heavy atom. The standard InChI is InChI=1S/C12H16BrNO3/c1-12(2,11(15)16)10(14)8-6-7(13)4-5-9(8)17-3/h4-6,10H,14H2,1-3H3,(H,15,16). The van der Waals surface area contributed by atoms with Crippen LogP contribution < -0.4 is 10.5 Å². The first-order valence-electron chi connectivity index (χ1n) is 5.13. The molecule has 17 heavy (non-hydrogen) atoms. The van der Waals surface area contributed by atoms with Crippen molar-refractivity contribution in [2.45, 2.75) is 19.9 Å². The fourth-order valence-electron chi connectivity index (χ4n) is 1.47. The molecule has 0 heterocycles. The number of halogens is 1. The van der Waals surface area contributed by atoms with Crippen molar-refractivity contribution in [3.63, 3.8) is 0 Å². The van der Waals surface area contributed by atoms with Crippen molar-refractivity contribution in [2.24, 2.45) is 11.1 Å². The lowest BCUT2D eigenvalue weighted by atomic mass is 9.81. The molecule has 0 spiro atoms. The van der Waals surface area contributed by atoms with Crippen molar-refractivity contribution in [3.8, 4) is 5.75 Å². The van der Waals surface area contributed by atoms with E-state index in [0.717, 1.165) is 4.47 Å². The maximum Gasteiger partial charge on any atom is 0.311 e. The molecule has 1 aromatic rings. The van der Waals surface area contributed by atoms with Gasteiger partial charge in [0.1, 0.15) is 5.75 Å². The smallest absolute Gasteiger partial charge is 0.311 e. The van der Waals surface area contributed by atoms with Gasteiger partial charge in [-0.15, -0.1) is 0 Å². The average Bonchev–Trinajstić information content (AvgIpc) is 2.27. The second kappa shape index (κ2) is 5.06. The summed E-state index contributed by atoms with van der Waals surface area (Å²) in [5, 5.41) is 9.17. The maximum atomic E-state index is 11.2. The normalized spacial score (nSPS) is 13.2. The zero-order valence-electron chi connectivity index (χ0n) is 10.0. The fraction of sp³-hybridized carbons (Fsp3) is 0.417. The third-order valence-electron chi connectivity index (χ3n) is 2.86. The van der Waals surface area contributed by atoms with Gasteiger partial charge < -0.3 is 15.6 Å². The Morgan fingerprint density at radius 1 is 1.53 bits per heavy atom. The van der Waals surface area contributed by atoms with E-state index >= 15 is 0 Å². The van der Waals surface area contributed by atoms with E-state index in [1.165, 1.54) is 7.11 Å². The number of nitrogens with two attached hydrogens (primary N) is 1. The van der Waals surface area contributed by atoms with E-state index in [0.29, 0.717) is 11.3 Å². The minimum Gasteiger partial charge on any atom is -0.496 e. The van der Waals surface area contributed by atoms with Gasteiger partial charge in [-0.3, -0.25) is 4.79 Å². The Balaban J connectivity index is 3.23. The van der Waals surface area contributed by atoms with Crippen LogP contribution in [0.4, 0.5) is 0 Å². The number of methoxy groups -OCH3 is 1. The molecular formula is C12H16BrNO3. The highest BCUT2D eigenvalue weighted by atomic mass is 79.9. The van der Waals surface area contributed by atoms with E-state index < -0.39 is 17.4 Å². The van der Waals surface area contributed by atoms with Crippen molar-refractivity contribution in [2.75, 3.05) is 7.11 Å². The van der Waals surface area contributed by atoms with Crippen molar-refractivity contribution >= 4 is 21.9 Å². The number of hydrogen-bond acceptors (Lipinski definition) is 3. The second-order valence-electron chi connectivity index (χ2n) is 4.39. The first kappa shape index (κ1) is 14.0. The van der Waals surface area contributed by atoms with Crippen molar-refractivity contribution in [3.05, 3.63) is 28.2 Å². The number of carboxylic acid groups (broad SMARTS) is 1. The largest absolute Gasteiger partial charge is 0.496 e. The summed E-state index contributed by atoms with van der Waals surface area (Å²) in [7, 11) is 1.53. The minimum atomic E-state index is -1.06. The van der Waals surface area contributed by atoms with Crippen LogP contribution >= 0.6 is 15.9 Å². The number of carbonyl (C=O) groups is 1. The molecule has 0 aliphatic carbocycles. The fourth-order valence-corrected chi connectivity index (χ4v) is 1.85. The molecule has 5 heteroatoms. The highest BCUT2D eigenvalue weighted by Crippen LogP contribution is 2.37. The Kier molecular flexibility index (Phi) is 4.16. The summed E-state index contributed by atoms with van der Waals surface area (Å²) in [4.78, 5) is 11.2. The third-order valence-corrected chi connectivity index (χ3v) is 3.35. The number of rotatable bonds is 4.